The Kier molecular flexibility index (Phi) is 3.70. The van der Waals surface area contributed by atoms with Crippen LogP contribution in [0.5, 0.6) is 0 Å². The second-order valence-electron chi connectivity index (χ2n) is 5.10. The van der Waals surface area contributed by atoms with Crippen LogP contribution in [0.15, 0.2) is 41.7 Å². The van der Waals surface area contributed by atoms with Crippen LogP contribution in [0.2, 0.25) is 5.02 Å². The highest BCUT2D eigenvalue weighted by Gasteiger charge is 2.10. The minimum absolute atomic E-state index is 0.167. The summed E-state index contributed by atoms with van der Waals surface area (Å²) < 4.78 is 3.36. The van der Waals surface area contributed by atoms with Crippen LogP contribution < -0.4 is 5.56 Å². The topological polar surface area (TPSA) is 65.6 Å². The van der Waals surface area contributed by atoms with Crippen molar-refractivity contribution >= 4 is 22.5 Å². The van der Waals surface area contributed by atoms with Crippen LogP contribution in [0.1, 0.15) is 6.92 Å². The fraction of sp³-hybridized carbons (Fsp3) is 0.286. The second-order valence-corrected chi connectivity index (χ2v) is 5.54. The molecule has 1 unspecified atom stereocenters. The van der Waals surface area contributed by atoms with E-state index in [-0.39, 0.29) is 11.5 Å². The van der Waals surface area contributed by atoms with Crippen molar-refractivity contribution in [2.45, 2.75) is 20.0 Å². The molecule has 0 aliphatic carbocycles. The van der Waals surface area contributed by atoms with Gasteiger partial charge in [-0.3, -0.25) is 4.79 Å². The molecule has 0 N–H and O–H groups in total. The van der Waals surface area contributed by atoms with Gasteiger partial charge in [0.25, 0.3) is 5.56 Å². The monoisotopic (exact) mass is 303 g/mol. The summed E-state index contributed by atoms with van der Waals surface area (Å²) >= 11 is 5.94. The number of benzene rings is 1. The van der Waals surface area contributed by atoms with E-state index in [9.17, 15) is 4.79 Å². The minimum atomic E-state index is -0.167. The molecule has 0 spiro atoms. The Morgan fingerprint density at radius 3 is 2.95 bits per heavy atom. The summed E-state index contributed by atoms with van der Waals surface area (Å²) in [4.78, 5) is 16.4. The number of fused-ring (bicyclic) bond motifs is 1. The van der Waals surface area contributed by atoms with Gasteiger partial charge in [0.05, 0.1) is 18.3 Å². The molecule has 0 aliphatic heterocycles. The van der Waals surface area contributed by atoms with Gasteiger partial charge in [-0.25, -0.2) is 9.67 Å². The van der Waals surface area contributed by atoms with Crippen molar-refractivity contribution in [1.29, 1.82) is 0 Å². The lowest BCUT2D eigenvalue weighted by atomic mass is 10.2. The molecule has 2 heterocycles. The van der Waals surface area contributed by atoms with Crippen LogP contribution in [0.3, 0.4) is 0 Å². The van der Waals surface area contributed by atoms with Crippen molar-refractivity contribution in [2.24, 2.45) is 5.92 Å². The van der Waals surface area contributed by atoms with Crippen molar-refractivity contribution in [2.75, 3.05) is 0 Å². The van der Waals surface area contributed by atoms with Gasteiger partial charge in [0, 0.05) is 24.0 Å². The van der Waals surface area contributed by atoms with E-state index in [0.717, 1.165) is 6.54 Å². The maximum atomic E-state index is 12.4. The first kappa shape index (κ1) is 13.8. The Hall–Kier alpha value is -2.21. The van der Waals surface area contributed by atoms with E-state index in [4.69, 9.17) is 11.6 Å². The zero-order valence-corrected chi connectivity index (χ0v) is 12.2. The molecule has 7 heteroatoms. The van der Waals surface area contributed by atoms with Gasteiger partial charge < -0.3 is 4.57 Å². The molecule has 108 valence electrons. The molecular formula is C14H14ClN5O. The number of aromatic nitrogens is 5. The van der Waals surface area contributed by atoms with E-state index >= 15 is 0 Å². The summed E-state index contributed by atoms with van der Waals surface area (Å²) in [7, 11) is 0. The molecule has 3 aromatic rings. The first-order valence-electron chi connectivity index (χ1n) is 6.62. The molecule has 2 aromatic heterocycles. The third-order valence-corrected chi connectivity index (χ3v) is 3.49. The highest BCUT2D eigenvalue weighted by molar-refractivity contribution is 6.31. The highest BCUT2D eigenvalue weighted by atomic mass is 35.5. The van der Waals surface area contributed by atoms with Crippen LogP contribution in [0.4, 0.5) is 0 Å². The molecule has 0 bridgehead atoms. The fourth-order valence-corrected chi connectivity index (χ4v) is 2.45. The molecule has 3 rings (SSSR count). The summed E-state index contributed by atoms with van der Waals surface area (Å²) in [6, 6.07) is 5.03. The average Bonchev–Trinajstić information content (AvgIpc) is 2.95. The predicted octanol–water partition coefficient (Wildman–Crippen LogP) is 1.98. The number of hydrogen-bond acceptors (Lipinski definition) is 4. The van der Waals surface area contributed by atoms with Gasteiger partial charge in [-0.05, 0) is 24.1 Å². The Morgan fingerprint density at radius 1 is 1.33 bits per heavy atom. The van der Waals surface area contributed by atoms with E-state index < -0.39 is 0 Å². The second kappa shape index (κ2) is 5.65. The maximum absolute atomic E-state index is 12.4. The molecule has 0 saturated carbocycles. The maximum Gasteiger partial charge on any atom is 0.277 e. The van der Waals surface area contributed by atoms with E-state index in [1.165, 1.54) is 4.68 Å². The lowest BCUT2D eigenvalue weighted by molar-refractivity contribution is 0.378. The van der Waals surface area contributed by atoms with Gasteiger partial charge in [-0.1, -0.05) is 23.7 Å². The molecule has 0 aliphatic rings. The largest absolute Gasteiger partial charge is 0.337 e. The zero-order valence-electron chi connectivity index (χ0n) is 11.5. The molecule has 21 heavy (non-hydrogen) atoms. The molecular weight excluding hydrogens is 290 g/mol. The lowest BCUT2D eigenvalue weighted by Crippen LogP contribution is -2.28. The third kappa shape index (κ3) is 2.95. The first-order chi connectivity index (χ1) is 10.1. The van der Waals surface area contributed by atoms with Gasteiger partial charge >= 0.3 is 0 Å². The molecule has 0 radical (unpaired) electrons. The third-order valence-electron chi connectivity index (χ3n) is 3.25. The lowest BCUT2D eigenvalue weighted by Gasteiger charge is -2.12. The molecule has 6 nitrogen and oxygen atoms in total. The molecule has 1 aromatic carbocycles. The number of hydrogen-bond donors (Lipinski definition) is 0. The average molecular weight is 304 g/mol. The number of imidazole rings is 1. The summed E-state index contributed by atoms with van der Waals surface area (Å²) in [6.45, 7) is 3.31. The smallest absolute Gasteiger partial charge is 0.277 e. The predicted molar refractivity (Wildman–Crippen MR) is 80.2 cm³/mol. The minimum Gasteiger partial charge on any atom is -0.337 e. The summed E-state index contributed by atoms with van der Waals surface area (Å²) in [6.07, 6.45) is 5.38. The Balaban J connectivity index is 1.87. The molecule has 1 atom stereocenters. The number of halogens is 1. The van der Waals surface area contributed by atoms with Gasteiger partial charge in [0.15, 0.2) is 0 Å². The van der Waals surface area contributed by atoms with Crippen LogP contribution in [0.25, 0.3) is 10.9 Å². The van der Waals surface area contributed by atoms with Crippen molar-refractivity contribution in [1.82, 2.24) is 24.5 Å². The van der Waals surface area contributed by atoms with Crippen LogP contribution in [-0.4, -0.2) is 24.5 Å². The number of rotatable bonds is 4. The molecule has 0 saturated heterocycles. The van der Waals surface area contributed by atoms with Gasteiger partial charge in [0.2, 0.25) is 0 Å². The molecule has 0 fully saturated rings. The Bertz CT molecular complexity index is 812. The van der Waals surface area contributed by atoms with E-state index in [0.29, 0.717) is 22.5 Å². The van der Waals surface area contributed by atoms with Crippen molar-refractivity contribution in [3.63, 3.8) is 0 Å². The first-order valence-corrected chi connectivity index (χ1v) is 7.00. The van der Waals surface area contributed by atoms with E-state index in [2.05, 4.69) is 22.2 Å². The summed E-state index contributed by atoms with van der Waals surface area (Å²) in [5.74, 6) is 0.225. The normalized spacial score (nSPS) is 12.7. The SMILES string of the molecule is CC(Cn1ccnc1)Cn1nnc2ccc(Cl)cc2c1=O. The Morgan fingerprint density at radius 2 is 2.19 bits per heavy atom. The van der Waals surface area contributed by atoms with Crippen LogP contribution >= 0.6 is 11.6 Å². The van der Waals surface area contributed by atoms with E-state index in [1.54, 1.807) is 30.7 Å². The van der Waals surface area contributed by atoms with Gasteiger partial charge in [-0.2, -0.15) is 0 Å². The summed E-state index contributed by atoms with van der Waals surface area (Å²) in [5, 5.41) is 9.07. The van der Waals surface area contributed by atoms with Crippen molar-refractivity contribution in [3.8, 4) is 0 Å². The Labute approximate surface area is 126 Å². The highest BCUT2D eigenvalue weighted by Crippen LogP contribution is 2.13. The number of nitrogens with zero attached hydrogens (tertiary/aromatic N) is 5. The summed E-state index contributed by atoms with van der Waals surface area (Å²) in [5.41, 5.74) is 0.392. The van der Waals surface area contributed by atoms with Crippen molar-refractivity contribution in [3.05, 3.63) is 52.3 Å². The quantitative estimate of drug-likeness (QED) is 0.739. The van der Waals surface area contributed by atoms with Gasteiger partial charge in [-0.15, -0.1) is 5.10 Å². The standard InChI is InChI=1S/C14H14ClN5O/c1-10(7-19-5-4-16-9-19)8-20-14(21)12-6-11(15)2-3-13(12)17-18-20/h2-6,9-10H,7-8H2,1H3. The van der Waals surface area contributed by atoms with Gasteiger partial charge in [0.1, 0.15) is 5.52 Å². The van der Waals surface area contributed by atoms with Crippen LogP contribution in [-0.2, 0) is 13.1 Å². The van der Waals surface area contributed by atoms with Crippen LogP contribution in [0, 0.1) is 5.92 Å². The van der Waals surface area contributed by atoms with E-state index in [1.807, 2.05) is 10.8 Å². The zero-order chi connectivity index (χ0) is 14.8. The molecule has 0 amide bonds. The van der Waals surface area contributed by atoms with Crippen molar-refractivity contribution < 1.29 is 0 Å². The fourth-order valence-electron chi connectivity index (χ4n) is 2.28.